The number of fused-ring (bicyclic) bond motifs is 1. The number of nitriles is 1. The molecule has 0 bridgehead atoms. The van der Waals surface area contributed by atoms with Crippen molar-refractivity contribution in [1.82, 2.24) is 14.6 Å². The lowest BCUT2D eigenvalue weighted by molar-refractivity contribution is 0.835. The lowest BCUT2D eigenvalue weighted by atomic mass is 10.1. The number of aryl methyl sites for hydroxylation is 1. The van der Waals surface area contributed by atoms with E-state index in [9.17, 15) is 4.79 Å². The number of aromatic nitrogens is 3. The van der Waals surface area contributed by atoms with Gasteiger partial charge in [-0.25, -0.2) is 0 Å². The van der Waals surface area contributed by atoms with Crippen LogP contribution in [-0.2, 0) is 12.8 Å². The molecule has 0 spiro atoms. The highest BCUT2D eigenvalue weighted by Gasteiger charge is 2.12. The molecule has 0 saturated carbocycles. The quantitative estimate of drug-likeness (QED) is 0.814. The van der Waals surface area contributed by atoms with Crippen molar-refractivity contribution in [3.63, 3.8) is 0 Å². The van der Waals surface area contributed by atoms with Crippen LogP contribution in [0.1, 0.15) is 30.7 Å². The van der Waals surface area contributed by atoms with Crippen molar-refractivity contribution in [3.05, 3.63) is 33.4 Å². The minimum atomic E-state index is -0.130. The van der Waals surface area contributed by atoms with E-state index in [2.05, 4.69) is 10.1 Å². The highest BCUT2D eigenvalue weighted by Crippen LogP contribution is 2.09. The van der Waals surface area contributed by atoms with Crippen LogP contribution < -0.4 is 5.56 Å². The molecule has 5 nitrogen and oxygen atoms in total. The van der Waals surface area contributed by atoms with Crippen molar-refractivity contribution in [2.75, 3.05) is 0 Å². The second kappa shape index (κ2) is 3.81. The summed E-state index contributed by atoms with van der Waals surface area (Å²) in [5, 5.41) is 12.8. The van der Waals surface area contributed by atoms with Gasteiger partial charge in [0.1, 0.15) is 11.6 Å². The first kappa shape index (κ1) is 10.4. The summed E-state index contributed by atoms with van der Waals surface area (Å²) in [4.78, 5) is 15.2. The van der Waals surface area contributed by atoms with Crippen LogP contribution in [0.5, 0.6) is 0 Å². The second-order valence-corrected chi connectivity index (χ2v) is 3.52. The summed E-state index contributed by atoms with van der Waals surface area (Å²) in [6, 6.07) is 2.01. The summed E-state index contributed by atoms with van der Waals surface area (Å²) < 4.78 is 1.26. The van der Waals surface area contributed by atoms with E-state index in [4.69, 9.17) is 5.26 Å². The fourth-order valence-electron chi connectivity index (χ4n) is 1.85. The van der Waals surface area contributed by atoms with Crippen molar-refractivity contribution >= 4 is 5.65 Å². The monoisotopic (exact) mass is 216 g/mol. The van der Waals surface area contributed by atoms with Crippen molar-refractivity contribution in [2.24, 2.45) is 0 Å². The largest absolute Gasteiger partial charge is 0.342 e. The summed E-state index contributed by atoms with van der Waals surface area (Å²) >= 11 is 0. The molecule has 0 unspecified atom stereocenters. The maximum atomic E-state index is 12.0. The van der Waals surface area contributed by atoms with Gasteiger partial charge in [-0.15, -0.1) is 0 Å². The molecule has 5 heteroatoms. The fourth-order valence-corrected chi connectivity index (χ4v) is 1.85. The maximum absolute atomic E-state index is 12.0. The Balaban J connectivity index is 2.91. The van der Waals surface area contributed by atoms with Gasteiger partial charge in [-0.05, 0) is 12.8 Å². The maximum Gasteiger partial charge on any atom is 0.277 e. The summed E-state index contributed by atoms with van der Waals surface area (Å²) in [5.74, 6) is 0. The minimum absolute atomic E-state index is 0.130. The normalized spacial score (nSPS) is 10.6. The summed E-state index contributed by atoms with van der Waals surface area (Å²) in [7, 11) is 0. The Bertz CT molecular complexity index is 630. The Morgan fingerprint density at radius 2 is 2.25 bits per heavy atom. The van der Waals surface area contributed by atoms with Crippen LogP contribution in [0.15, 0.2) is 11.0 Å². The average molecular weight is 216 g/mol. The molecule has 0 fully saturated rings. The molecule has 0 aliphatic rings. The van der Waals surface area contributed by atoms with Gasteiger partial charge >= 0.3 is 0 Å². The van der Waals surface area contributed by atoms with Gasteiger partial charge in [-0.3, -0.25) is 4.79 Å². The first-order chi connectivity index (χ1) is 7.72. The molecule has 0 aromatic carbocycles. The van der Waals surface area contributed by atoms with Crippen LogP contribution >= 0.6 is 0 Å². The highest BCUT2D eigenvalue weighted by molar-refractivity contribution is 5.54. The Labute approximate surface area is 92.3 Å². The first-order valence-electron chi connectivity index (χ1n) is 5.24. The summed E-state index contributed by atoms with van der Waals surface area (Å²) in [5.41, 5.74) is 2.38. The van der Waals surface area contributed by atoms with E-state index in [1.165, 1.54) is 10.7 Å². The van der Waals surface area contributed by atoms with Crippen LogP contribution in [0.4, 0.5) is 0 Å². The van der Waals surface area contributed by atoms with Gasteiger partial charge in [0, 0.05) is 11.3 Å². The summed E-state index contributed by atoms with van der Waals surface area (Å²) in [6.07, 6.45) is 2.81. The third kappa shape index (κ3) is 1.31. The van der Waals surface area contributed by atoms with Gasteiger partial charge in [-0.1, -0.05) is 13.8 Å². The number of H-pyrrole nitrogens is 1. The van der Waals surface area contributed by atoms with Crippen molar-refractivity contribution in [2.45, 2.75) is 26.7 Å². The van der Waals surface area contributed by atoms with Crippen LogP contribution in [0.3, 0.4) is 0 Å². The molecule has 0 amide bonds. The zero-order chi connectivity index (χ0) is 11.7. The first-order valence-corrected chi connectivity index (χ1v) is 5.24. The molecule has 2 aromatic rings. The van der Waals surface area contributed by atoms with E-state index >= 15 is 0 Å². The summed E-state index contributed by atoms with van der Waals surface area (Å²) in [6.45, 7) is 3.91. The molecular formula is C11H12N4O. The smallest absolute Gasteiger partial charge is 0.277 e. The van der Waals surface area contributed by atoms with Gasteiger partial charge in [0.2, 0.25) is 0 Å². The van der Waals surface area contributed by atoms with E-state index < -0.39 is 0 Å². The average Bonchev–Trinajstić information content (AvgIpc) is 2.71. The number of hydrogen-bond acceptors (Lipinski definition) is 3. The molecule has 82 valence electrons. The molecule has 2 aromatic heterocycles. The van der Waals surface area contributed by atoms with E-state index in [1.54, 1.807) is 0 Å². The van der Waals surface area contributed by atoms with E-state index in [-0.39, 0.29) is 5.56 Å². The van der Waals surface area contributed by atoms with Gasteiger partial charge in [0.25, 0.3) is 5.56 Å². The van der Waals surface area contributed by atoms with Gasteiger partial charge in [-0.2, -0.15) is 14.9 Å². The van der Waals surface area contributed by atoms with Gasteiger partial charge in [0.05, 0.1) is 6.20 Å². The zero-order valence-corrected chi connectivity index (χ0v) is 9.24. The van der Waals surface area contributed by atoms with Crippen molar-refractivity contribution in [3.8, 4) is 6.07 Å². The predicted octanol–water partition coefficient (Wildman–Crippen LogP) is 1.02. The second-order valence-electron chi connectivity index (χ2n) is 3.52. The molecule has 0 atom stereocenters. The molecule has 2 rings (SSSR count). The predicted molar refractivity (Wildman–Crippen MR) is 59.3 cm³/mol. The molecule has 0 saturated heterocycles. The number of rotatable bonds is 2. The number of nitrogens with one attached hydrogen (secondary N) is 1. The van der Waals surface area contributed by atoms with E-state index in [1.807, 2.05) is 19.9 Å². The van der Waals surface area contributed by atoms with Gasteiger partial charge < -0.3 is 4.98 Å². The lowest BCUT2D eigenvalue weighted by Gasteiger charge is -2.05. The lowest BCUT2D eigenvalue weighted by Crippen LogP contribution is -2.22. The Morgan fingerprint density at radius 3 is 2.81 bits per heavy atom. The minimum Gasteiger partial charge on any atom is -0.342 e. The number of hydrogen-bond donors (Lipinski definition) is 1. The molecule has 16 heavy (non-hydrogen) atoms. The highest BCUT2D eigenvalue weighted by atomic mass is 16.1. The number of aromatic amines is 1. The molecule has 0 aliphatic heterocycles. The van der Waals surface area contributed by atoms with Crippen LogP contribution in [0, 0.1) is 11.3 Å². The Morgan fingerprint density at radius 1 is 1.50 bits per heavy atom. The van der Waals surface area contributed by atoms with Gasteiger partial charge in [0.15, 0.2) is 5.65 Å². The molecule has 1 N–H and O–H groups in total. The van der Waals surface area contributed by atoms with Crippen LogP contribution in [-0.4, -0.2) is 14.6 Å². The van der Waals surface area contributed by atoms with E-state index in [0.717, 1.165) is 17.7 Å². The van der Waals surface area contributed by atoms with E-state index in [0.29, 0.717) is 17.6 Å². The third-order valence-electron chi connectivity index (χ3n) is 2.68. The zero-order valence-electron chi connectivity index (χ0n) is 9.24. The third-order valence-corrected chi connectivity index (χ3v) is 2.68. The number of nitrogens with zero attached hydrogens (tertiary/aromatic N) is 3. The Hall–Kier alpha value is -2.09. The van der Waals surface area contributed by atoms with Crippen LogP contribution in [0.2, 0.25) is 0 Å². The Kier molecular flexibility index (Phi) is 2.49. The molecule has 2 heterocycles. The SMILES string of the molecule is CCc1[nH]c2c(C#N)cnn2c(=O)c1CC. The molecule has 0 aliphatic carbocycles. The van der Waals surface area contributed by atoms with Crippen molar-refractivity contribution < 1.29 is 0 Å². The van der Waals surface area contributed by atoms with Crippen molar-refractivity contribution in [1.29, 1.82) is 5.26 Å². The standard InChI is InChI=1S/C11H12N4O/c1-3-8-9(4-2)14-10-7(5-12)6-13-15(10)11(8)16/h6,14H,3-4H2,1-2H3. The van der Waals surface area contributed by atoms with Crippen LogP contribution in [0.25, 0.3) is 5.65 Å². The fraction of sp³-hybridized carbons (Fsp3) is 0.364. The molecular weight excluding hydrogens is 204 g/mol. The molecule has 0 radical (unpaired) electrons. The topological polar surface area (TPSA) is 73.9 Å².